The molecule has 0 saturated heterocycles. The number of hydrogen-bond acceptors (Lipinski definition) is 5. The monoisotopic (exact) mass is 427 g/mol. The summed E-state index contributed by atoms with van der Waals surface area (Å²) in [7, 11) is 0. The van der Waals surface area contributed by atoms with Gasteiger partial charge in [-0.25, -0.2) is 0 Å². The summed E-state index contributed by atoms with van der Waals surface area (Å²) in [6, 6.07) is 22.2. The van der Waals surface area contributed by atoms with Gasteiger partial charge in [-0.15, -0.1) is 10.2 Å². The highest BCUT2D eigenvalue weighted by Crippen LogP contribution is 2.25. The van der Waals surface area contributed by atoms with Crippen LogP contribution in [0.15, 0.2) is 72.9 Å². The summed E-state index contributed by atoms with van der Waals surface area (Å²) in [6.07, 6.45) is 3.10. The molecule has 0 saturated carbocycles. The number of para-hydroxylation sites is 1. The van der Waals surface area contributed by atoms with E-state index in [-0.39, 0.29) is 5.91 Å². The molecule has 5 rings (SSSR count). The van der Waals surface area contributed by atoms with E-state index in [4.69, 9.17) is 0 Å². The van der Waals surface area contributed by atoms with Gasteiger partial charge in [0.2, 0.25) is 11.0 Å². The Kier molecular flexibility index (Phi) is 5.33. The zero-order chi connectivity index (χ0) is 21.0. The Morgan fingerprint density at radius 1 is 0.935 bits per heavy atom. The summed E-state index contributed by atoms with van der Waals surface area (Å²) < 4.78 is 0. The Morgan fingerprint density at radius 2 is 1.74 bits per heavy atom. The minimum absolute atomic E-state index is 0.0348. The second kappa shape index (κ2) is 8.57. The molecule has 7 heteroatoms. The van der Waals surface area contributed by atoms with Gasteiger partial charge in [0.05, 0.1) is 0 Å². The molecular weight excluding hydrogens is 406 g/mol. The van der Waals surface area contributed by atoms with E-state index < -0.39 is 0 Å². The number of aromatic nitrogens is 3. The predicted molar refractivity (Wildman–Crippen MR) is 127 cm³/mol. The summed E-state index contributed by atoms with van der Waals surface area (Å²) in [6.45, 7) is 0.498. The third kappa shape index (κ3) is 4.27. The molecule has 6 nitrogen and oxygen atoms in total. The molecule has 0 fully saturated rings. The fourth-order valence-corrected chi connectivity index (χ4v) is 4.46. The van der Waals surface area contributed by atoms with E-state index in [0.29, 0.717) is 13.0 Å². The zero-order valence-electron chi connectivity index (χ0n) is 16.8. The molecule has 0 unspecified atom stereocenters. The quantitative estimate of drug-likeness (QED) is 0.333. The van der Waals surface area contributed by atoms with Crippen LogP contribution in [0, 0.1) is 0 Å². The van der Waals surface area contributed by atoms with Gasteiger partial charge in [-0.1, -0.05) is 65.9 Å². The number of anilines is 2. The number of nitrogens with zero attached hydrogens (tertiary/aromatic N) is 2. The molecule has 3 aromatic carbocycles. The summed E-state index contributed by atoms with van der Waals surface area (Å²) in [5, 5.41) is 19.7. The molecular formula is C24H21N5OS. The Morgan fingerprint density at radius 3 is 2.68 bits per heavy atom. The highest BCUT2D eigenvalue weighted by Gasteiger charge is 2.10. The first kappa shape index (κ1) is 19.3. The van der Waals surface area contributed by atoms with Gasteiger partial charge >= 0.3 is 0 Å². The van der Waals surface area contributed by atoms with Crippen LogP contribution in [-0.4, -0.2) is 27.6 Å². The second-order valence-electron chi connectivity index (χ2n) is 7.29. The first-order valence-corrected chi connectivity index (χ1v) is 11.0. The topological polar surface area (TPSA) is 82.7 Å². The van der Waals surface area contributed by atoms with Gasteiger partial charge in [-0.2, -0.15) is 0 Å². The molecule has 2 heterocycles. The van der Waals surface area contributed by atoms with E-state index in [9.17, 15) is 4.79 Å². The normalized spacial score (nSPS) is 11.1. The fourth-order valence-electron chi connectivity index (χ4n) is 3.67. The van der Waals surface area contributed by atoms with E-state index in [1.165, 1.54) is 22.3 Å². The van der Waals surface area contributed by atoms with Crippen LogP contribution < -0.4 is 10.6 Å². The fraction of sp³-hybridized carbons (Fsp3) is 0.125. The van der Waals surface area contributed by atoms with Crippen molar-refractivity contribution in [2.75, 3.05) is 17.2 Å². The Labute approximate surface area is 183 Å². The molecule has 154 valence electrons. The maximum Gasteiger partial charge on any atom is 0.226 e. The van der Waals surface area contributed by atoms with E-state index in [0.717, 1.165) is 38.5 Å². The van der Waals surface area contributed by atoms with Crippen LogP contribution in [0.2, 0.25) is 0 Å². The summed E-state index contributed by atoms with van der Waals surface area (Å²) >= 11 is 1.52. The van der Waals surface area contributed by atoms with Gasteiger partial charge in [0, 0.05) is 47.6 Å². The van der Waals surface area contributed by atoms with E-state index in [2.05, 4.69) is 37.9 Å². The van der Waals surface area contributed by atoms with Crippen molar-refractivity contribution in [2.24, 2.45) is 0 Å². The van der Waals surface area contributed by atoms with Crippen molar-refractivity contribution < 1.29 is 4.79 Å². The molecule has 31 heavy (non-hydrogen) atoms. The van der Waals surface area contributed by atoms with Crippen molar-refractivity contribution in [3.05, 3.63) is 83.5 Å². The predicted octanol–water partition coefficient (Wildman–Crippen LogP) is 5.20. The largest absolute Gasteiger partial charge is 0.361 e. The minimum atomic E-state index is -0.0348. The van der Waals surface area contributed by atoms with E-state index in [1.54, 1.807) is 0 Å². The van der Waals surface area contributed by atoms with Gasteiger partial charge in [0.25, 0.3) is 0 Å². The van der Waals surface area contributed by atoms with Gasteiger partial charge in [0.1, 0.15) is 5.01 Å². The Balaban J connectivity index is 1.16. The van der Waals surface area contributed by atoms with Gasteiger partial charge in [0.15, 0.2) is 0 Å². The molecule has 1 amide bonds. The number of amides is 1. The lowest BCUT2D eigenvalue weighted by molar-refractivity contribution is -0.115. The van der Waals surface area contributed by atoms with Crippen LogP contribution in [0.5, 0.6) is 0 Å². The van der Waals surface area contributed by atoms with E-state index in [1.807, 2.05) is 60.8 Å². The van der Waals surface area contributed by atoms with Crippen LogP contribution in [0.1, 0.15) is 17.0 Å². The molecule has 0 aliphatic heterocycles. The first-order chi connectivity index (χ1) is 15.3. The molecule has 0 aliphatic carbocycles. The maximum atomic E-state index is 12.4. The summed E-state index contributed by atoms with van der Waals surface area (Å²) in [5.74, 6) is -0.0348. The van der Waals surface area contributed by atoms with Crippen molar-refractivity contribution in [3.63, 3.8) is 0 Å². The standard InChI is InChI=1S/C24H21N5OS/c30-22(27-21-11-5-7-16-6-1-2-8-18(16)21)12-13-25-24-29-28-23(31-24)14-17-15-26-20-10-4-3-9-19(17)20/h1-11,15,26H,12-14H2,(H,25,29)(H,27,30). The van der Waals surface area contributed by atoms with Crippen molar-refractivity contribution >= 4 is 49.7 Å². The number of rotatable bonds is 7. The van der Waals surface area contributed by atoms with Gasteiger partial charge < -0.3 is 15.6 Å². The van der Waals surface area contributed by atoms with Crippen molar-refractivity contribution in [1.29, 1.82) is 0 Å². The molecule has 0 spiro atoms. The second-order valence-corrected chi connectivity index (χ2v) is 8.35. The number of H-pyrrole nitrogens is 1. The molecule has 5 aromatic rings. The highest BCUT2D eigenvalue weighted by molar-refractivity contribution is 7.15. The van der Waals surface area contributed by atoms with Gasteiger partial charge in [-0.3, -0.25) is 4.79 Å². The highest BCUT2D eigenvalue weighted by atomic mass is 32.1. The van der Waals surface area contributed by atoms with E-state index >= 15 is 0 Å². The first-order valence-electron chi connectivity index (χ1n) is 10.1. The third-order valence-electron chi connectivity index (χ3n) is 5.18. The maximum absolute atomic E-state index is 12.4. The minimum Gasteiger partial charge on any atom is -0.361 e. The van der Waals surface area contributed by atoms with Crippen molar-refractivity contribution in [1.82, 2.24) is 15.2 Å². The molecule has 3 N–H and O–H groups in total. The van der Waals surface area contributed by atoms with Crippen molar-refractivity contribution in [2.45, 2.75) is 12.8 Å². The lowest BCUT2D eigenvalue weighted by Gasteiger charge is -2.09. The number of fused-ring (bicyclic) bond motifs is 2. The zero-order valence-corrected chi connectivity index (χ0v) is 17.6. The van der Waals surface area contributed by atoms with Crippen LogP contribution in [-0.2, 0) is 11.2 Å². The average molecular weight is 428 g/mol. The van der Waals surface area contributed by atoms with Crippen LogP contribution in [0.4, 0.5) is 10.8 Å². The number of carbonyl (C=O) groups excluding carboxylic acids is 1. The number of carbonyl (C=O) groups is 1. The van der Waals surface area contributed by atoms with Crippen LogP contribution >= 0.6 is 11.3 Å². The van der Waals surface area contributed by atoms with Gasteiger partial charge in [-0.05, 0) is 23.1 Å². The number of nitrogens with one attached hydrogen (secondary N) is 3. The molecule has 0 aliphatic rings. The number of aromatic amines is 1. The molecule has 0 radical (unpaired) electrons. The molecule has 0 atom stereocenters. The lowest BCUT2D eigenvalue weighted by atomic mass is 10.1. The Bertz CT molecular complexity index is 1350. The SMILES string of the molecule is O=C(CCNc1nnc(Cc2c[nH]c3ccccc23)s1)Nc1cccc2ccccc12. The smallest absolute Gasteiger partial charge is 0.226 e. The molecule has 2 aromatic heterocycles. The number of hydrogen-bond donors (Lipinski definition) is 3. The van der Waals surface area contributed by atoms with Crippen LogP contribution in [0.25, 0.3) is 21.7 Å². The summed E-state index contributed by atoms with van der Waals surface area (Å²) in [4.78, 5) is 15.7. The number of benzene rings is 3. The molecule has 0 bridgehead atoms. The summed E-state index contributed by atoms with van der Waals surface area (Å²) in [5.41, 5.74) is 3.16. The van der Waals surface area contributed by atoms with Crippen molar-refractivity contribution in [3.8, 4) is 0 Å². The average Bonchev–Trinajstić information content (AvgIpc) is 3.41. The Hall–Kier alpha value is -3.71. The van der Waals surface area contributed by atoms with Crippen LogP contribution in [0.3, 0.4) is 0 Å². The lowest BCUT2D eigenvalue weighted by Crippen LogP contribution is -2.16. The third-order valence-corrected chi connectivity index (χ3v) is 6.06.